The van der Waals surface area contributed by atoms with E-state index in [0.29, 0.717) is 34.1 Å². The number of carbonyl (C=O) groups excluding carboxylic acids is 3. The Morgan fingerprint density at radius 1 is 0.545 bits per heavy atom. The molecular weight excluding hydrogens is 698 g/mol. The third-order valence-corrected chi connectivity index (χ3v) is 8.73. The molecule has 298 valence electrons. The minimum Gasteiger partial charge on any atom is -0.478 e. The van der Waals surface area contributed by atoms with Crippen molar-refractivity contribution in [2.75, 3.05) is 14.2 Å². The molecule has 0 saturated heterocycles. The largest absolute Gasteiger partial charge is 0.478 e. The fourth-order valence-electron chi connectivity index (χ4n) is 5.26. The Morgan fingerprint density at radius 3 is 1.09 bits per heavy atom. The smallest absolute Gasteiger partial charge is 0.337 e. The third kappa shape index (κ3) is 17.1. The van der Waals surface area contributed by atoms with Gasteiger partial charge in [0.15, 0.2) is 0 Å². The summed E-state index contributed by atoms with van der Waals surface area (Å²) in [5.41, 5.74) is 19.3. The summed E-state index contributed by atoms with van der Waals surface area (Å²) in [6.07, 6.45) is 4.66. The van der Waals surface area contributed by atoms with Gasteiger partial charge in [0.05, 0.1) is 30.9 Å². The maximum Gasteiger partial charge on any atom is 0.337 e. The number of nitrogens with two attached hydrogens (primary N) is 2. The van der Waals surface area contributed by atoms with Crippen LogP contribution in [0.5, 0.6) is 0 Å². The second-order valence-corrected chi connectivity index (χ2v) is 13.2. The fourth-order valence-corrected chi connectivity index (χ4v) is 5.26. The molecule has 55 heavy (non-hydrogen) atoms. The molecule has 0 aliphatic rings. The average Bonchev–Trinajstić information content (AvgIpc) is 3.21. The van der Waals surface area contributed by atoms with Gasteiger partial charge in [-0.3, -0.25) is 10.0 Å². The maximum absolute atomic E-state index is 11.2. The van der Waals surface area contributed by atoms with Crippen LogP contribution in [0.3, 0.4) is 0 Å². The van der Waals surface area contributed by atoms with Gasteiger partial charge in [-0.1, -0.05) is 89.1 Å². The molecule has 1 amide bonds. The van der Waals surface area contributed by atoms with Crippen LogP contribution in [0.15, 0.2) is 97.1 Å². The predicted molar refractivity (Wildman–Crippen MR) is 217 cm³/mol. The van der Waals surface area contributed by atoms with Crippen LogP contribution in [0.25, 0.3) is 0 Å². The first-order valence-corrected chi connectivity index (χ1v) is 18.4. The summed E-state index contributed by atoms with van der Waals surface area (Å²) < 4.78 is 9.21. The Hall–Kier alpha value is -5.36. The standard InChI is InChI=1S/C13H18O2.C12H17NO2.C10H13NO2.C9H11NO2/c1-4-5-10(2)11-6-8-12(9-7-11)13(14)15-3;1-3-4-9(2)10-5-7-11(8-6-10)12(14)13-15;1-7(11)8-3-5-9(6-4-8)10(12)13-2;1-6(10)7-2-4-8(5-3-7)9(11)12/h6-10H,4-5H2,1-3H3;5-9,15H,3-4H2,1-2H3,(H,13,14);3-7H,11H2,1-2H3;2-6H,10H2,1H3,(H,11,12)/t10-;9-;7-;6-/m0011/s1. The van der Waals surface area contributed by atoms with Gasteiger partial charge in [0.2, 0.25) is 0 Å². The molecule has 4 aromatic rings. The van der Waals surface area contributed by atoms with Gasteiger partial charge in [-0.05, 0) is 109 Å². The molecule has 0 heterocycles. The van der Waals surface area contributed by atoms with Gasteiger partial charge in [-0.2, -0.15) is 0 Å². The van der Waals surface area contributed by atoms with Gasteiger partial charge in [-0.25, -0.2) is 19.9 Å². The van der Waals surface area contributed by atoms with Crippen molar-refractivity contribution in [2.45, 2.75) is 91.1 Å². The van der Waals surface area contributed by atoms with E-state index in [1.54, 1.807) is 54.0 Å². The number of aromatic carboxylic acids is 1. The molecule has 7 N–H and O–H groups in total. The van der Waals surface area contributed by atoms with E-state index < -0.39 is 11.9 Å². The minimum atomic E-state index is -0.911. The van der Waals surface area contributed by atoms with Crippen LogP contribution in [0.1, 0.15) is 155 Å². The molecule has 4 atom stereocenters. The van der Waals surface area contributed by atoms with Gasteiger partial charge in [0.1, 0.15) is 0 Å². The lowest BCUT2D eigenvalue weighted by Crippen LogP contribution is -2.18. The van der Waals surface area contributed by atoms with E-state index in [-0.39, 0.29) is 24.0 Å². The van der Waals surface area contributed by atoms with Crippen LogP contribution in [-0.4, -0.2) is 48.3 Å². The van der Waals surface area contributed by atoms with E-state index in [1.807, 2.05) is 62.4 Å². The number of methoxy groups -OCH3 is 2. The lowest BCUT2D eigenvalue weighted by molar-refractivity contribution is 0.0592. The number of rotatable bonds is 12. The van der Waals surface area contributed by atoms with E-state index in [1.165, 1.54) is 38.2 Å². The first-order chi connectivity index (χ1) is 26.1. The normalized spacial score (nSPS) is 12.3. The fraction of sp³-hybridized carbons (Fsp3) is 0.364. The van der Waals surface area contributed by atoms with Gasteiger partial charge in [0.25, 0.3) is 5.91 Å². The number of carboxylic acids is 1. The summed E-state index contributed by atoms with van der Waals surface area (Å²) >= 11 is 0. The number of carbonyl (C=O) groups is 4. The van der Waals surface area contributed by atoms with Crippen LogP contribution in [0.2, 0.25) is 0 Å². The number of benzene rings is 4. The van der Waals surface area contributed by atoms with E-state index in [0.717, 1.165) is 24.0 Å². The second-order valence-electron chi connectivity index (χ2n) is 13.2. The van der Waals surface area contributed by atoms with Gasteiger partial charge < -0.3 is 26.0 Å². The van der Waals surface area contributed by atoms with Crippen LogP contribution >= 0.6 is 0 Å². The molecule has 0 spiro atoms. The average molecular weight is 758 g/mol. The highest BCUT2D eigenvalue weighted by molar-refractivity contribution is 5.93. The summed E-state index contributed by atoms with van der Waals surface area (Å²) in [4.78, 5) is 43.7. The zero-order valence-corrected chi connectivity index (χ0v) is 33.4. The molecule has 0 aromatic heterocycles. The number of hydroxylamine groups is 1. The zero-order chi connectivity index (χ0) is 41.5. The summed E-state index contributed by atoms with van der Waals surface area (Å²) in [6, 6.07) is 28.6. The van der Waals surface area contributed by atoms with E-state index in [4.69, 9.17) is 21.8 Å². The van der Waals surface area contributed by atoms with Crippen molar-refractivity contribution in [3.05, 3.63) is 142 Å². The molecule has 4 aromatic carbocycles. The van der Waals surface area contributed by atoms with Crippen molar-refractivity contribution < 1.29 is 39.0 Å². The Kier molecular flexibility index (Phi) is 22.2. The van der Waals surface area contributed by atoms with Crippen LogP contribution in [0.4, 0.5) is 0 Å². The molecule has 0 unspecified atom stereocenters. The van der Waals surface area contributed by atoms with Gasteiger partial charge in [-0.15, -0.1) is 0 Å². The zero-order valence-electron chi connectivity index (χ0n) is 33.4. The molecular formula is C44H59N3O8. The topological polar surface area (TPSA) is 191 Å². The number of nitrogens with one attached hydrogen (secondary N) is 1. The minimum absolute atomic E-state index is 0.00769. The van der Waals surface area contributed by atoms with Crippen molar-refractivity contribution in [1.29, 1.82) is 0 Å². The van der Waals surface area contributed by atoms with Crippen LogP contribution < -0.4 is 16.9 Å². The molecule has 11 heteroatoms. The first kappa shape index (κ1) is 47.7. The molecule has 0 saturated carbocycles. The Labute approximate surface area is 326 Å². The number of esters is 2. The Bertz CT molecular complexity index is 1650. The SMILES string of the molecule is CCC[C@H](C)c1ccc(C(=O)NO)cc1.CCC[C@H](C)c1ccc(C(=O)OC)cc1.COC(=O)c1ccc([C@@H](C)N)cc1.C[C@@H](N)c1ccc(C(=O)O)cc1. The first-order valence-electron chi connectivity index (χ1n) is 18.4. The summed E-state index contributed by atoms with van der Waals surface area (Å²) in [7, 11) is 2.76. The van der Waals surface area contributed by atoms with E-state index in [9.17, 15) is 19.2 Å². The van der Waals surface area contributed by atoms with E-state index >= 15 is 0 Å². The molecule has 0 aliphatic heterocycles. The quantitative estimate of drug-likeness (QED) is 0.0529. The van der Waals surface area contributed by atoms with E-state index in [2.05, 4.69) is 37.2 Å². The number of hydrogen-bond donors (Lipinski definition) is 5. The summed E-state index contributed by atoms with van der Waals surface area (Å²) in [5, 5.41) is 17.0. The molecule has 0 aliphatic carbocycles. The lowest BCUT2D eigenvalue weighted by Gasteiger charge is -2.10. The molecule has 0 fully saturated rings. The highest BCUT2D eigenvalue weighted by Crippen LogP contribution is 2.22. The van der Waals surface area contributed by atoms with Crippen molar-refractivity contribution in [2.24, 2.45) is 11.5 Å². The van der Waals surface area contributed by atoms with Crippen molar-refractivity contribution in [3.63, 3.8) is 0 Å². The van der Waals surface area contributed by atoms with Crippen molar-refractivity contribution in [3.8, 4) is 0 Å². The number of ether oxygens (including phenoxy) is 2. The monoisotopic (exact) mass is 757 g/mol. The van der Waals surface area contributed by atoms with Crippen LogP contribution in [-0.2, 0) is 9.47 Å². The second kappa shape index (κ2) is 25.6. The Morgan fingerprint density at radius 2 is 0.836 bits per heavy atom. The maximum atomic E-state index is 11.2. The molecule has 0 radical (unpaired) electrons. The lowest BCUT2D eigenvalue weighted by atomic mass is 9.96. The number of carboxylic acid groups (broad SMARTS) is 1. The van der Waals surface area contributed by atoms with Crippen molar-refractivity contribution >= 4 is 23.8 Å². The van der Waals surface area contributed by atoms with Gasteiger partial charge >= 0.3 is 17.9 Å². The number of hydrogen-bond acceptors (Lipinski definition) is 9. The Balaban J connectivity index is 0.000000368. The number of amides is 1. The van der Waals surface area contributed by atoms with Crippen LogP contribution in [0, 0.1) is 0 Å². The predicted octanol–water partition coefficient (Wildman–Crippen LogP) is 8.98. The highest BCUT2D eigenvalue weighted by Gasteiger charge is 2.09. The molecule has 0 bridgehead atoms. The molecule has 4 rings (SSSR count). The van der Waals surface area contributed by atoms with Crippen molar-refractivity contribution in [1.82, 2.24) is 5.48 Å². The summed E-state index contributed by atoms with van der Waals surface area (Å²) in [5.74, 6) is -0.903. The van der Waals surface area contributed by atoms with Gasteiger partial charge in [0, 0.05) is 17.6 Å². The summed E-state index contributed by atoms with van der Waals surface area (Å²) in [6.45, 7) is 12.5. The highest BCUT2D eigenvalue weighted by atomic mass is 16.5. The third-order valence-electron chi connectivity index (χ3n) is 8.73. The molecule has 11 nitrogen and oxygen atoms in total.